The monoisotopic (exact) mass is 218 g/mol. The number of aromatic nitrogens is 2. The van der Waals surface area contributed by atoms with E-state index in [4.69, 9.17) is 0 Å². The molecule has 1 aliphatic carbocycles. The SMILES string of the molecule is CC(C)(C)c1cc2c(nn1)CCCCCC2. The van der Waals surface area contributed by atoms with Gasteiger partial charge in [-0.2, -0.15) is 10.2 Å². The first-order valence-electron chi connectivity index (χ1n) is 6.43. The van der Waals surface area contributed by atoms with E-state index in [9.17, 15) is 0 Å². The Morgan fingerprint density at radius 3 is 2.31 bits per heavy atom. The molecule has 1 aromatic heterocycles. The van der Waals surface area contributed by atoms with Crippen LogP contribution in [0.2, 0.25) is 0 Å². The Morgan fingerprint density at radius 2 is 1.62 bits per heavy atom. The minimum atomic E-state index is 0.115. The van der Waals surface area contributed by atoms with Crippen molar-refractivity contribution in [1.82, 2.24) is 10.2 Å². The van der Waals surface area contributed by atoms with Crippen LogP contribution in [0.4, 0.5) is 0 Å². The van der Waals surface area contributed by atoms with Crippen LogP contribution >= 0.6 is 0 Å². The summed E-state index contributed by atoms with van der Waals surface area (Å²) >= 11 is 0. The predicted octanol–water partition coefficient (Wildman–Crippen LogP) is 3.43. The average Bonchev–Trinajstić information content (AvgIpc) is 2.16. The van der Waals surface area contributed by atoms with E-state index in [0.29, 0.717) is 0 Å². The van der Waals surface area contributed by atoms with Gasteiger partial charge in [0.15, 0.2) is 0 Å². The lowest BCUT2D eigenvalue weighted by Gasteiger charge is -2.20. The van der Waals surface area contributed by atoms with E-state index in [2.05, 4.69) is 37.0 Å². The third-order valence-electron chi connectivity index (χ3n) is 3.34. The molecule has 1 heterocycles. The number of hydrogen-bond acceptors (Lipinski definition) is 2. The van der Waals surface area contributed by atoms with Crippen LogP contribution < -0.4 is 0 Å². The van der Waals surface area contributed by atoms with Gasteiger partial charge in [-0.1, -0.05) is 33.6 Å². The lowest BCUT2D eigenvalue weighted by atomic mass is 9.89. The zero-order valence-corrected chi connectivity index (χ0v) is 10.7. The van der Waals surface area contributed by atoms with Crippen molar-refractivity contribution in [2.45, 2.75) is 64.7 Å². The first-order chi connectivity index (χ1) is 7.57. The largest absolute Gasteiger partial charge is 0.155 e. The summed E-state index contributed by atoms with van der Waals surface area (Å²) in [6.07, 6.45) is 7.61. The second kappa shape index (κ2) is 4.52. The van der Waals surface area contributed by atoms with Crippen LogP contribution in [0.3, 0.4) is 0 Å². The fraction of sp³-hybridized carbons (Fsp3) is 0.714. The van der Waals surface area contributed by atoms with Crippen molar-refractivity contribution >= 4 is 0 Å². The van der Waals surface area contributed by atoms with Gasteiger partial charge in [0, 0.05) is 5.41 Å². The van der Waals surface area contributed by atoms with Gasteiger partial charge in [-0.05, 0) is 37.3 Å². The Morgan fingerprint density at radius 1 is 0.938 bits per heavy atom. The lowest BCUT2D eigenvalue weighted by molar-refractivity contribution is 0.544. The molecule has 1 aromatic rings. The summed E-state index contributed by atoms with van der Waals surface area (Å²) in [5.41, 5.74) is 3.93. The average molecular weight is 218 g/mol. The van der Waals surface area contributed by atoms with Gasteiger partial charge in [-0.25, -0.2) is 0 Å². The van der Waals surface area contributed by atoms with Crippen LogP contribution in [0.1, 0.15) is 63.4 Å². The molecule has 2 rings (SSSR count). The summed E-state index contributed by atoms with van der Waals surface area (Å²) in [4.78, 5) is 0. The molecule has 0 bridgehead atoms. The van der Waals surface area contributed by atoms with Crippen LogP contribution in [0.15, 0.2) is 6.07 Å². The number of aryl methyl sites for hydroxylation is 2. The van der Waals surface area contributed by atoms with Crippen molar-refractivity contribution in [3.8, 4) is 0 Å². The number of rotatable bonds is 0. The number of hydrogen-bond donors (Lipinski definition) is 0. The Hall–Kier alpha value is -0.920. The van der Waals surface area contributed by atoms with Crippen molar-refractivity contribution in [3.63, 3.8) is 0 Å². The molecule has 88 valence electrons. The van der Waals surface area contributed by atoms with Gasteiger partial charge < -0.3 is 0 Å². The fourth-order valence-electron chi connectivity index (χ4n) is 2.21. The Balaban J connectivity index is 2.32. The molecule has 0 saturated carbocycles. The Bertz CT molecular complexity index is 363. The minimum absolute atomic E-state index is 0.115. The van der Waals surface area contributed by atoms with E-state index in [1.54, 1.807) is 0 Å². The normalized spacial score (nSPS) is 17.4. The summed E-state index contributed by atoms with van der Waals surface area (Å²) in [5.74, 6) is 0. The standard InChI is InChI=1S/C14H22N2/c1-14(2,3)13-10-11-8-6-4-5-7-9-12(11)15-16-13/h10H,4-9H2,1-3H3. The molecule has 16 heavy (non-hydrogen) atoms. The lowest BCUT2D eigenvalue weighted by Crippen LogP contribution is -2.17. The van der Waals surface area contributed by atoms with Gasteiger partial charge in [0.05, 0.1) is 11.4 Å². The molecular formula is C14H22N2. The van der Waals surface area contributed by atoms with Gasteiger partial charge in [0.2, 0.25) is 0 Å². The summed E-state index contributed by atoms with van der Waals surface area (Å²) in [6, 6.07) is 2.29. The van der Waals surface area contributed by atoms with Crippen LogP contribution in [0.25, 0.3) is 0 Å². The molecule has 0 spiro atoms. The van der Waals surface area contributed by atoms with E-state index in [0.717, 1.165) is 12.1 Å². The van der Waals surface area contributed by atoms with Crippen molar-refractivity contribution in [2.24, 2.45) is 0 Å². The summed E-state index contributed by atoms with van der Waals surface area (Å²) < 4.78 is 0. The quantitative estimate of drug-likeness (QED) is 0.666. The maximum absolute atomic E-state index is 4.44. The second-order valence-corrected chi connectivity index (χ2v) is 5.87. The Labute approximate surface area is 98.5 Å². The van der Waals surface area contributed by atoms with Crippen molar-refractivity contribution in [1.29, 1.82) is 0 Å². The number of nitrogens with zero attached hydrogens (tertiary/aromatic N) is 2. The maximum atomic E-state index is 4.44. The molecule has 0 aromatic carbocycles. The molecule has 0 fully saturated rings. The van der Waals surface area contributed by atoms with Crippen LogP contribution in [0.5, 0.6) is 0 Å². The molecule has 0 amide bonds. The molecule has 0 aliphatic heterocycles. The third kappa shape index (κ3) is 2.60. The van der Waals surface area contributed by atoms with Gasteiger partial charge in [-0.15, -0.1) is 0 Å². The molecule has 0 saturated heterocycles. The maximum Gasteiger partial charge on any atom is 0.0687 e. The first-order valence-corrected chi connectivity index (χ1v) is 6.43. The smallest absolute Gasteiger partial charge is 0.0687 e. The molecule has 2 heteroatoms. The van der Waals surface area contributed by atoms with Crippen molar-refractivity contribution in [3.05, 3.63) is 23.0 Å². The highest BCUT2D eigenvalue weighted by atomic mass is 15.1. The summed E-state index contributed by atoms with van der Waals surface area (Å²) in [6.45, 7) is 6.60. The third-order valence-corrected chi connectivity index (χ3v) is 3.34. The van der Waals surface area contributed by atoms with Gasteiger partial charge in [-0.3, -0.25) is 0 Å². The number of fused-ring (bicyclic) bond motifs is 1. The molecule has 0 atom stereocenters. The minimum Gasteiger partial charge on any atom is -0.155 e. The first kappa shape index (κ1) is 11.6. The van der Waals surface area contributed by atoms with Crippen molar-refractivity contribution < 1.29 is 0 Å². The van der Waals surface area contributed by atoms with Crippen LogP contribution in [0, 0.1) is 0 Å². The molecule has 0 unspecified atom stereocenters. The summed E-state index contributed by atoms with van der Waals surface area (Å²) in [7, 11) is 0. The molecule has 1 aliphatic rings. The van der Waals surface area contributed by atoms with Crippen molar-refractivity contribution in [2.75, 3.05) is 0 Å². The van der Waals surface area contributed by atoms with Gasteiger partial charge in [0.1, 0.15) is 0 Å². The van der Waals surface area contributed by atoms with E-state index >= 15 is 0 Å². The van der Waals surface area contributed by atoms with Gasteiger partial charge >= 0.3 is 0 Å². The van der Waals surface area contributed by atoms with E-state index in [-0.39, 0.29) is 5.41 Å². The van der Waals surface area contributed by atoms with Gasteiger partial charge in [0.25, 0.3) is 0 Å². The highest BCUT2D eigenvalue weighted by Gasteiger charge is 2.18. The fourth-order valence-corrected chi connectivity index (χ4v) is 2.21. The zero-order valence-electron chi connectivity index (χ0n) is 10.7. The molecular weight excluding hydrogens is 196 g/mol. The highest BCUT2D eigenvalue weighted by molar-refractivity contribution is 5.25. The second-order valence-electron chi connectivity index (χ2n) is 5.87. The molecule has 0 radical (unpaired) electrons. The predicted molar refractivity (Wildman–Crippen MR) is 66.6 cm³/mol. The van der Waals surface area contributed by atoms with Crippen LogP contribution in [-0.4, -0.2) is 10.2 Å². The highest BCUT2D eigenvalue weighted by Crippen LogP contribution is 2.24. The van der Waals surface area contributed by atoms with E-state index < -0.39 is 0 Å². The topological polar surface area (TPSA) is 25.8 Å². The van der Waals surface area contributed by atoms with Crippen LogP contribution in [-0.2, 0) is 18.3 Å². The molecule has 0 N–H and O–H groups in total. The zero-order chi connectivity index (χ0) is 11.6. The Kier molecular flexibility index (Phi) is 3.27. The van der Waals surface area contributed by atoms with E-state index in [1.807, 2.05) is 0 Å². The molecule has 2 nitrogen and oxygen atoms in total. The van der Waals surface area contributed by atoms with E-state index in [1.165, 1.54) is 43.4 Å². The summed E-state index contributed by atoms with van der Waals surface area (Å²) in [5, 5.41) is 8.82.